The molecule has 0 fully saturated rings. The van der Waals surface area contributed by atoms with Crippen molar-refractivity contribution in [3.8, 4) is 0 Å². The average Bonchev–Trinajstić information content (AvgIpc) is 2.28. The maximum absolute atomic E-state index is 13.2. The van der Waals surface area contributed by atoms with Gasteiger partial charge in [0, 0.05) is 5.56 Å². The quantitative estimate of drug-likeness (QED) is 0.432. The van der Waals surface area contributed by atoms with E-state index in [0.717, 1.165) is 0 Å². The van der Waals surface area contributed by atoms with Crippen LogP contribution < -0.4 is 0 Å². The topological polar surface area (TPSA) is 43.4 Å². The molecule has 0 bridgehead atoms. The molecule has 0 spiro atoms. The van der Waals surface area contributed by atoms with Gasteiger partial charge >= 0.3 is 5.97 Å². The molecule has 0 N–H and O–H groups in total. The van der Waals surface area contributed by atoms with Crippen molar-refractivity contribution in [1.29, 1.82) is 0 Å². The fourth-order valence-corrected chi connectivity index (χ4v) is 1.07. The van der Waals surface area contributed by atoms with E-state index in [4.69, 9.17) is 0 Å². The van der Waals surface area contributed by atoms with Crippen molar-refractivity contribution >= 4 is 11.8 Å². The lowest BCUT2D eigenvalue weighted by molar-refractivity contribution is -0.147. The minimum atomic E-state index is -2.23. The van der Waals surface area contributed by atoms with E-state index in [2.05, 4.69) is 4.74 Å². The van der Waals surface area contributed by atoms with Gasteiger partial charge < -0.3 is 4.74 Å². The van der Waals surface area contributed by atoms with Crippen LogP contribution in [0.25, 0.3) is 0 Å². The fraction of sp³-hybridized carbons (Fsp3) is 0.273. The van der Waals surface area contributed by atoms with Crippen LogP contribution in [0.5, 0.6) is 0 Å². The summed E-state index contributed by atoms with van der Waals surface area (Å²) in [5.74, 6) is -2.00. The maximum Gasteiger partial charge on any atom is 0.348 e. The van der Waals surface area contributed by atoms with Gasteiger partial charge in [0.1, 0.15) is 0 Å². The molecular weight excluding hydrogens is 199 g/mol. The Morgan fingerprint density at radius 1 is 1.33 bits per heavy atom. The van der Waals surface area contributed by atoms with Crippen LogP contribution in [0.15, 0.2) is 30.3 Å². The molecule has 1 atom stereocenters. The minimum Gasteiger partial charge on any atom is -0.463 e. The molecule has 80 valence electrons. The van der Waals surface area contributed by atoms with Crippen LogP contribution in [-0.2, 0) is 9.53 Å². The van der Waals surface area contributed by atoms with Gasteiger partial charge in [-0.25, -0.2) is 9.18 Å². The fourth-order valence-electron chi connectivity index (χ4n) is 1.07. The highest BCUT2D eigenvalue weighted by Gasteiger charge is 2.28. The normalized spacial score (nSPS) is 11.9. The van der Waals surface area contributed by atoms with Crippen molar-refractivity contribution in [2.75, 3.05) is 6.61 Å². The number of ether oxygens (including phenoxy) is 1. The van der Waals surface area contributed by atoms with Gasteiger partial charge in [-0.2, -0.15) is 0 Å². The van der Waals surface area contributed by atoms with E-state index in [0.29, 0.717) is 0 Å². The first kappa shape index (κ1) is 11.4. The first-order valence-corrected chi connectivity index (χ1v) is 4.56. The third-order valence-electron chi connectivity index (χ3n) is 1.78. The SMILES string of the molecule is CCOC(=O)[C@H](F)C(=O)c1ccccc1. The molecule has 0 amide bonds. The monoisotopic (exact) mass is 210 g/mol. The summed E-state index contributed by atoms with van der Waals surface area (Å²) in [6.07, 6.45) is -2.23. The number of rotatable bonds is 4. The summed E-state index contributed by atoms with van der Waals surface area (Å²) in [6, 6.07) is 7.81. The number of alkyl halides is 1. The third kappa shape index (κ3) is 2.87. The smallest absolute Gasteiger partial charge is 0.348 e. The van der Waals surface area contributed by atoms with Crippen LogP contribution in [-0.4, -0.2) is 24.5 Å². The Bertz CT molecular complexity index is 348. The number of benzene rings is 1. The zero-order valence-corrected chi connectivity index (χ0v) is 8.27. The molecular formula is C11H11FO3. The summed E-state index contributed by atoms with van der Waals surface area (Å²) in [5.41, 5.74) is 0.165. The molecule has 0 aromatic heterocycles. The molecule has 0 unspecified atom stereocenters. The number of hydrogen-bond acceptors (Lipinski definition) is 3. The van der Waals surface area contributed by atoms with Crippen LogP contribution in [0.2, 0.25) is 0 Å². The van der Waals surface area contributed by atoms with E-state index >= 15 is 0 Å². The van der Waals surface area contributed by atoms with Crippen molar-refractivity contribution in [2.45, 2.75) is 13.1 Å². The standard InChI is InChI=1S/C11H11FO3/c1-2-15-11(14)9(12)10(13)8-6-4-3-5-7-8/h3-7,9H,2H2,1H3/t9-/m1/s1. The molecule has 0 aliphatic carbocycles. The van der Waals surface area contributed by atoms with Crippen molar-refractivity contribution < 1.29 is 18.7 Å². The summed E-state index contributed by atoms with van der Waals surface area (Å²) < 4.78 is 17.7. The summed E-state index contributed by atoms with van der Waals surface area (Å²) >= 11 is 0. The van der Waals surface area contributed by atoms with Crippen LogP contribution in [0.4, 0.5) is 4.39 Å². The largest absolute Gasteiger partial charge is 0.463 e. The minimum absolute atomic E-state index is 0.0569. The highest BCUT2D eigenvalue weighted by molar-refractivity contribution is 6.10. The van der Waals surface area contributed by atoms with Crippen molar-refractivity contribution in [1.82, 2.24) is 0 Å². The maximum atomic E-state index is 13.2. The zero-order chi connectivity index (χ0) is 11.3. The van der Waals surface area contributed by atoms with Gasteiger partial charge in [-0.3, -0.25) is 4.79 Å². The van der Waals surface area contributed by atoms with E-state index < -0.39 is 17.9 Å². The highest BCUT2D eigenvalue weighted by atomic mass is 19.1. The number of carbonyl (C=O) groups excluding carboxylic acids is 2. The van der Waals surface area contributed by atoms with E-state index in [9.17, 15) is 14.0 Å². The number of ketones is 1. The first-order chi connectivity index (χ1) is 7.16. The Balaban J connectivity index is 2.73. The molecule has 1 aromatic rings. The van der Waals surface area contributed by atoms with Crippen molar-refractivity contribution in [3.05, 3.63) is 35.9 Å². The molecule has 0 saturated heterocycles. The van der Waals surface area contributed by atoms with Gasteiger partial charge in [-0.15, -0.1) is 0 Å². The molecule has 0 radical (unpaired) electrons. The number of halogens is 1. The molecule has 1 aromatic carbocycles. The Morgan fingerprint density at radius 2 is 1.93 bits per heavy atom. The summed E-state index contributed by atoms with van der Waals surface area (Å²) in [7, 11) is 0. The molecule has 1 rings (SSSR count). The first-order valence-electron chi connectivity index (χ1n) is 4.56. The molecule has 0 saturated carbocycles. The zero-order valence-electron chi connectivity index (χ0n) is 8.27. The lowest BCUT2D eigenvalue weighted by Crippen LogP contribution is -2.27. The molecule has 0 aliphatic rings. The van der Waals surface area contributed by atoms with E-state index in [1.54, 1.807) is 25.1 Å². The second-order valence-electron chi connectivity index (χ2n) is 2.84. The van der Waals surface area contributed by atoms with Crippen LogP contribution in [0, 0.1) is 0 Å². The van der Waals surface area contributed by atoms with E-state index in [1.807, 2.05) is 0 Å². The van der Waals surface area contributed by atoms with Gasteiger partial charge in [0.25, 0.3) is 6.17 Å². The Kier molecular flexibility index (Phi) is 3.97. The second-order valence-corrected chi connectivity index (χ2v) is 2.84. The van der Waals surface area contributed by atoms with Gasteiger partial charge in [0.15, 0.2) is 0 Å². The van der Waals surface area contributed by atoms with Gasteiger partial charge in [-0.1, -0.05) is 30.3 Å². The van der Waals surface area contributed by atoms with Crippen molar-refractivity contribution in [2.24, 2.45) is 0 Å². The molecule has 4 heteroatoms. The van der Waals surface area contributed by atoms with Crippen LogP contribution >= 0.6 is 0 Å². The van der Waals surface area contributed by atoms with Gasteiger partial charge in [0.05, 0.1) is 6.61 Å². The second kappa shape index (κ2) is 5.24. The predicted octanol–water partition coefficient (Wildman–Crippen LogP) is 1.77. The number of Topliss-reactive ketones (excluding diaryl/α,β-unsaturated/α-hetero) is 1. The molecule has 15 heavy (non-hydrogen) atoms. The summed E-state index contributed by atoms with van der Waals surface area (Å²) in [4.78, 5) is 22.3. The van der Waals surface area contributed by atoms with Crippen LogP contribution in [0.1, 0.15) is 17.3 Å². The highest BCUT2D eigenvalue weighted by Crippen LogP contribution is 2.07. The predicted molar refractivity (Wildman–Crippen MR) is 52.3 cm³/mol. The summed E-state index contributed by atoms with van der Waals surface area (Å²) in [5, 5.41) is 0. The number of esters is 1. The Morgan fingerprint density at radius 3 is 2.47 bits per heavy atom. The average molecular weight is 210 g/mol. The lowest BCUT2D eigenvalue weighted by Gasteiger charge is -2.06. The summed E-state index contributed by atoms with van der Waals surface area (Å²) in [6.45, 7) is 1.61. The van der Waals surface area contributed by atoms with Gasteiger partial charge in [-0.05, 0) is 6.92 Å². The molecule has 0 heterocycles. The Labute approximate surface area is 86.9 Å². The number of hydrogen-bond donors (Lipinski definition) is 0. The van der Waals surface area contributed by atoms with E-state index in [-0.39, 0.29) is 12.2 Å². The molecule has 0 aliphatic heterocycles. The number of carbonyl (C=O) groups is 2. The lowest BCUT2D eigenvalue weighted by atomic mass is 10.1. The van der Waals surface area contributed by atoms with Crippen LogP contribution in [0.3, 0.4) is 0 Å². The van der Waals surface area contributed by atoms with Crippen molar-refractivity contribution in [3.63, 3.8) is 0 Å². The third-order valence-corrected chi connectivity index (χ3v) is 1.78. The van der Waals surface area contributed by atoms with Gasteiger partial charge in [0.2, 0.25) is 5.78 Å². The molecule has 3 nitrogen and oxygen atoms in total. The Hall–Kier alpha value is -1.71. The van der Waals surface area contributed by atoms with E-state index in [1.165, 1.54) is 12.1 Å².